The molecule has 0 aliphatic carbocycles. The normalized spacial score (nSPS) is 14.5. The van der Waals surface area contributed by atoms with Gasteiger partial charge in [-0.05, 0) is 42.6 Å². The lowest BCUT2D eigenvalue weighted by atomic mass is 9.99. The van der Waals surface area contributed by atoms with Gasteiger partial charge in [0.2, 0.25) is 5.95 Å². The van der Waals surface area contributed by atoms with Crippen molar-refractivity contribution in [1.29, 1.82) is 0 Å². The van der Waals surface area contributed by atoms with Gasteiger partial charge in [-0.25, -0.2) is 14.8 Å². The number of anilines is 1. The van der Waals surface area contributed by atoms with Crippen LogP contribution < -0.4 is 5.32 Å². The van der Waals surface area contributed by atoms with Gasteiger partial charge in [0.25, 0.3) is 0 Å². The van der Waals surface area contributed by atoms with Crippen molar-refractivity contribution in [2.75, 3.05) is 5.32 Å². The van der Waals surface area contributed by atoms with Crippen LogP contribution in [0, 0.1) is 5.92 Å². The Morgan fingerprint density at radius 1 is 1.40 bits per heavy atom. The summed E-state index contributed by atoms with van der Waals surface area (Å²) < 4.78 is 6.24. The maximum Gasteiger partial charge on any atom is 0.329 e. The average molecular weight is 344 g/mol. The Morgan fingerprint density at radius 2 is 1.95 bits per heavy atom. The van der Waals surface area contributed by atoms with E-state index in [0.717, 1.165) is 10.9 Å². The van der Waals surface area contributed by atoms with E-state index < -0.39 is 11.6 Å². The number of rotatable bonds is 5. The van der Waals surface area contributed by atoms with E-state index in [-0.39, 0.29) is 11.9 Å². The second-order valence-electron chi connectivity index (χ2n) is 5.77. The molecule has 6 heteroatoms. The van der Waals surface area contributed by atoms with Gasteiger partial charge in [-0.15, -0.1) is 0 Å². The summed E-state index contributed by atoms with van der Waals surface area (Å²) in [6.07, 6.45) is 4.13. The van der Waals surface area contributed by atoms with Crippen LogP contribution in [0.15, 0.2) is 16.9 Å². The van der Waals surface area contributed by atoms with Crippen LogP contribution in [-0.4, -0.2) is 27.6 Å². The molecule has 1 N–H and O–H groups in total. The molecule has 5 nitrogen and oxygen atoms in total. The number of ether oxygens (including phenoxy) is 1. The third-order valence-corrected chi connectivity index (χ3v) is 3.19. The molecule has 1 aromatic rings. The summed E-state index contributed by atoms with van der Waals surface area (Å²) in [7, 11) is 0. The average Bonchev–Trinajstić information content (AvgIpc) is 2.35. The number of carbonyl (C=O) groups excluding carboxylic acids is 1. The Balaban J connectivity index is 2.84. The molecule has 0 fully saturated rings. The Morgan fingerprint density at radius 3 is 2.40 bits per heavy atom. The molecular weight excluding hydrogens is 322 g/mol. The smallest absolute Gasteiger partial charge is 0.329 e. The van der Waals surface area contributed by atoms with Gasteiger partial charge in [-0.1, -0.05) is 20.3 Å². The topological polar surface area (TPSA) is 64.1 Å². The van der Waals surface area contributed by atoms with Crippen molar-refractivity contribution in [3.63, 3.8) is 0 Å². The summed E-state index contributed by atoms with van der Waals surface area (Å²) in [6, 6.07) is -0.458. The minimum absolute atomic E-state index is 0.122. The summed E-state index contributed by atoms with van der Waals surface area (Å²) >= 11 is 3.28. The van der Waals surface area contributed by atoms with E-state index in [2.05, 4.69) is 31.2 Å². The lowest BCUT2D eigenvalue weighted by Gasteiger charge is -2.27. The van der Waals surface area contributed by atoms with Gasteiger partial charge in [0, 0.05) is 12.4 Å². The van der Waals surface area contributed by atoms with Crippen molar-refractivity contribution in [1.82, 2.24) is 9.97 Å². The van der Waals surface area contributed by atoms with Crippen LogP contribution in [0.5, 0.6) is 0 Å². The molecule has 2 atom stereocenters. The van der Waals surface area contributed by atoms with Crippen LogP contribution in [-0.2, 0) is 9.53 Å². The Bertz CT molecular complexity index is 443. The standard InChI is InChI=1S/C14H22BrN3O2/c1-6-9(2)11(12(19)20-14(3,4)5)18-13-16-7-10(15)8-17-13/h7-9,11H,6H2,1-5H3,(H,16,17,18)/t9-,11-/m0/s1. The largest absolute Gasteiger partial charge is 0.458 e. The predicted molar refractivity (Wildman–Crippen MR) is 82.4 cm³/mol. The molecule has 0 bridgehead atoms. The second-order valence-corrected chi connectivity index (χ2v) is 6.68. The molecule has 0 saturated heterocycles. The van der Waals surface area contributed by atoms with E-state index in [1.54, 1.807) is 12.4 Å². The zero-order valence-electron chi connectivity index (χ0n) is 12.6. The van der Waals surface area contributed by atoms with Crippen molar-refractivity contribution in [3.05, 3.63) is 16.9 Å². The van der Waals surface area contributed by atoms with E-state index in [1.807, 2.05) is 34.6 Å². The van der Waals surface area contributed by atoms with Crippen molar-refractivity contribution < 1.29 is 9.53 Å². The van der Waals surface area contributed by atoms with Crippen molar-refractivity contribution in [2.45, 2.75) is 52.7 Å². The number of esters is 1. The number of nitrogens with one attached hydrogen (secondary N) is 1. The summed E-state index contributed by atoms with van der Waals surface area (Å²) in [5.74, 6) is 0.264. The Kier molecular flexibility index (Phi) is 5.92. The molecule has 20 heavy (non-hydrogen) atoms. The van der Waals surface area contributed by atoms with Crippen LogP contribution in [0.3, 0.4) is 0 Å². The quantitative estimate of drug-likeness (QED) is 0.830. The summed E-state index contributed by atoms with van der Waals surface area (Å²) in [5, 5.41) is 3.06. The van der Waals surface area contributed by atoms with Gasteiger partial charge in [-0.2, -0.15) is 0 Å². The highest BCUT2D eigenvalue weighted by Crippen LogP contribution is 2.18. The van der Waals surface area contributed by atoms with Gasteiger partial charge in [0.15, 0.2) is 0 Å². The monoisotopic (exact) mass is 343 g/mol. The molecule has 0 amide bonds. The maximum atomic E-state index is 12.3. The highest BCUT2D eigenvalue weighted by molar-refractivity contribution is 9.10. The first-order chi connectivity index (χ1) is 9.23. The molecule has 1 heterocycles. The molecule has 1 aromatic heterocycles. The van der Waals surface area contributed by atoms with Gasteiger partial charge >= 0.3 is 5.97 Å². The van der Waals surface area contributed by atoms with Gasteiger partial charge in [0.05, 0.1) is 4.47 Å². The minimum atomic E-state index is -0.509. The first-order valence-electron chi connectivity index (χ1n) is 6.70. The highest BCUT2D eigenvalue weighted by atomic mass is 79.9. The summed E-state index contributed by atoms with van der Waals surface area (Å²) in [5.41, 5.74) is -0.509. The van der Waals surface area contributed by atoms with Crippen LogP contribution in [0.25, 0.3) is 0 Å². The number of nitrogens with zero attached hydrogens (tertiary/aromatic N) is 2. The minimum Gasteiger partial charge on any atom is -0.458 e. The Hall–Kier alpha value is -1.17. The second kappa shape index (κ2) is 7.02. The Labute approximate surface area is 128 Å². The van der Waals surface area contributed by atoms with Crippen molar-refractivity contribution in [2.24, 2.45) is 5.92 Å². The lowest BCUT2D eigenvalue weighted by molar-refractivity contribution is -0.157. The summed E-state index contributed by atoms with van der Waals surface area (Å²) in [6.45, 7) is 9.60. The number of aromatic nitrogens is 2. The molecule has 0 aliphatic heterocycles. The zero-order chi connectivity index (χ0) is 15.3. The number of carbonyl (C=O) groups is 1. The van der Waals surface area contributed by atoms with Crippen LogP contribution in [0.1, 0.15) is 41.0 Å². The first kappa shape index (κ1) is 16.9. The number of hydrogen-bond donors (Lipinski definition) is 1. The third kappa shape index (κ3) is 5.45. The van der Waals surface area contributed by atoms with Crippen LogP contribution in [0.4, 0.5) is 5.95 Å². The molecule has 112 valence electrons. The SMILES string of the molecule is CC[C@H](C)[C@H](Nc1ncc(Br)cn1)C(=O)OC(C)(C)C. The van der Waals surface area contributed by atoms with E-state index >= 15 is 0 Å². The zero-order valence-corrected chi connectivity index (χ0v) is 14.2. The highest BCUT2D eigenvalue weighted by Gasteiger charge is 2.29. The fraction of sp³-hybridized carbons (Fsp3) is 0.643. The predicted octanol–water partition coefficient (Wildman–Crippen LogP) is 3.41. The van der Waals surface area contributed by atoms with Crippen molar-refractivity contribution >= 4 is 27.8 Å². The molecule has 0 aromatic carbocycles. The van der Waals surface area contributed by atoms with Crippen LogP contribution in [0.2, 0.25) is 0 Å². The molecule has 0 saturated carbocycles. The molecule has 0 radical (unpaired) electrons. The molecular formula is C14H22BrN3O2. The van der Waals surface area contributed by atoms with E-state index in [4.69, 9.17) is 4.74 Å². The van der Waals surface area contributed by atoms with E-state index in [1.165, 1.54) is 0 Å². The molecule has 0 aliphatic rings. The first-order valence-corrected chi connectivity index (χ1v) is 7.49. The maximum absolute atomic E-state index is 12.3. The summed E-state index contributed by atoms with van der Waals surface area (Å²) in [4.78, 5) is 20.6. The van der Waals surface area contributed by atoms with Gasteiger partial charge in [-0.3, -0.25) is 0 Å². The van der Waals surface area contributed by atoms with Gasteiger partial charge in [0.1, 0.15) is 11.6 Å². The molecule has 0 unspecified atom stereocenters. The van der Waals surface area contributed by atoms with E-state index in [0.29, 0.717) is 5.95 Å². The van der Waals surface area contributed by atoms with Gasteiger partial charge < -0.3 is 10.1 Å². The third-order valence-electron chi connectivity index (χ3n) is 2.78. The fourth-order valence-electron chi connectivity index (χ4n) is 1.56. The number of hydrogen-bond acceptors (Lipinski definition) is 5. The fourth-order valence-corrected chi connectivity index (χ4v) is 1.77. The van der Waals surface area contributed by atoms with E-state index in [9.17, 15) is 4.79 Å². The van der Waals surface area contributed by atoms with Crippen LogP contribution >= 0.6 is 15.9 Å². The molecule has 0 spiro atoms. The lowest BCUT2D eigenvalue weighted by Crippen LogP contribution is -2.41. The number of halogens is 1. The van der Waals surface area contributed by atoms with Crippen molar-refractivity contribution in [3.8, 4) is 0 Å². The molecule has 1 rings (SSSR count).